The Morgan fingerprint density at radius 1 is 0.727 bits per heavy atom. The van der Waals surface area contributed by atoms with Gasteiger partial charge >= 0.3 is 0 Å². The number of carbonyl (C=O) groups is 1. The number of allylic oxidation sites excluding steroid dienone is 1. The molecule has 0 saturated heterocycles. The van der Waals surface area contributed by atoms with E-state index in [0.29, 0.717) is 16.6 Å². The zero-order valence-corrected chi connectivity index (χ0v) is 15.9. The first-order chi connectivity index (χ1) is 10.00. The minimum absolute atomic E-state index is 0.403. The molecule has 2 aliphatic rings. The third-order valence-corrected chi connectivity index (χ3v) is 5.69. The van der Waals surface area contributed by atoms with Gasteiger partial charge < -0.3 is 0 Å². The van der Waals surface area contributed by atoms with Crippen molar-refractivity contribution in [2.24, 2.45) is 22.7 Å². The highest BCUT2D eigenvalue weighted by molar-refractivity contribution is 5.79. The molecule has 0 spiro atoms. The molecule has 0 radical (unpaired) electrons. The summed E-state index contributed by atoms with van der Waals surface area (Å²) in [6.07, 6.45) is 9.13. The maximum atomic E-state index is 10.9. The molecule has 0 amide bonds. The topological polar surface area (TPSA) is 17.1 Å². The highest BCUT2D eigenvalue weighted by atomic mass is 16.1. The molecule has 0 bridgehead atoms. The molecular formula is C21H38O. The summed E-state index contributed by atoms with van der Waals surface area (Å²) < 4.78 is 0. The van der Waals surface area contributed by atoms with Gasteiger partial charge in [0.25, 0.3) is 0 Å². The van der Waals surface area contributed by atoms with Gasteiger partial charge in [-0.1, -0.05) is 53.7 Å². The first-order valence-corrected chi connectivity index (χ1v) is 9.18. The predicted octanol–water partition coefficient (Wildman–Crippen LogP) is 6.57. The molecular weight excluding hydrogens is 268 g/mol. The zero-order valence-electron chi connectivity index (χ0n) is 15.9. The Hall–Kier alpha value is -0.590. The van der Waals surface area contributed by atoms with Gasteiger partial charge in [-0.15, -0.1) is 0 Å². The number of carbonyl (C=O) groups excluding carboxylic acids is 1. The van der Waals surface area contributed by atoms with Crippen molar-refractivity contribution in [2.45, 2.75) is 92.9 Å². The van der Waals surface area contributed by atoms with E-state index in [9.17, 15) is 4.79 Å². The highest BCUT2D eigenvalue weighted by Crippen LogP contribution is 2.39. The highest BCUT2D eigenvalue weighted by Gasteiger charge is 2.28. The summed E-state index contributed by atoms with van der Waals surface area (Å²) in [7, 11) is 0. The second-order valence-corrected chi connectivity index (χ2v) is 9.57. The number of ketones is 1. The standard InChI is InChI=1S/C11H20.C10H18O/c1-9-5-7-10(8-6-9)11(2,3)4;1-10(2,3)8-4-6-9(11)7-5-8/h10H,1,5-8H2,2-4H3;8H,4-7H2,1-3H3. The molecule has 1 heteroatoms. The van der Waals surface area contributed by atoms with Crippen LogP contribution in [0.15, 0.2) is 12.2 Å². The Kier molecular flexibility index (Phi) is 6.89. The van der Waals surface area contributed by atoms with E-state index in [1.165, 1.54) is 31.3 Å². The molecule has 2 aliphatic carbocycles. The molecule has 0 aromatic rings. The molecule has 2 saturated carbocycles. The van der Waals surface area contributed by atoms with Crippen molar-refractivity contribution in [1.29, 1.82) is 0 Å². The van der Waals surface area contributed by atoms with Crippen molar-refractivity contribution in [2.75, 3.05) is 0 Å². The number of rotatable bonds is 0. The zero-order chi connectivity index (χ0) is 17.0. The second kappa shape index (κ2) is 7.79. The van der Waals surface area contributed by atoms with Gasteiger partial charge in [0.2, 0.25) is 0 Å². The van der Waals surface area contributed by atoms with Crippen LogP contribution in [0.25, 0.3) is 0 Å². The third kappa shape index (κ3) is 6.67. The van der Waals surface area contributed by atoms with E-state index >= 15 is 0 Å². The summed E-state index contributed by atoms with van der Waals surface area (Å²) >= 11 is 0. The van der Waals surface area contributed by atoms with Crippen molar-refractivity contribution in [3.05, 3.63) is 12.2 Å². The van der Waals surface area contributed by atoms with Crippen LogP contribution in [0.4, 0.5) is 0 Å². The van der Waals surface area contributed by atoms with Crippen LogP contribution in [0.5, 0.6) is 0 Å². The lowest BCUT2D eigenvalue weighted by Gasteiger charge is -2.34. The summed E-state index contributed by atoms with van der Waals surface area (Å²) in [6.45, 7) is 17.9. The van der Waals surface area contributed by atoms with Crippen molar-refractivity contribution in [1.82, 2.24) is 0 Å². The van der Waals surface area contributed by atoms with E-state index in [1.54, 1.807) is 0 Å². The maximum Gasteiger partial charge on any atom is 0.132 e. The summed E-state index contributed by atoms with van der Waals surface area (Å²) in [4.78, 5) is 10.9. The van der Waals surface area contributed by atoms with Crippen LogP contribution in [0.2, 0.25) is 0 Å². The van der Waals surface area contributed by atoms with Crippen LogP contribution < -0.4 is 0 Å². The van der Waals surface area contributed by atoms with E-state index in [4.69, 9.17) is 0 Å². The van der Waals surface area contributed by atoms with Gasteiger partial charge in [-0.3, -0.25) is 4.79 Å². The Balaban J connectivity index is 0.000000220. The number of hydrogen-bond acceptors (Lipinski definition) is 1. The smallest absolute Gasteiger partial charge is 0.132 e. The molecule has 1 nitrogen and oxygen atoms in total. The van der Waals surface area contributed by atoms with Crippen LogP contribution in [0.3, 0.4) is 0 Å². The fraction of sp³-hybridized carbons (Fsp3) is 0.857. The largest absolute Gasteiger partial charge is 0.300 e. The summed E-state index contributed by atoms with van der Waals surface area (Å²) in [5.74, 6) is 2.15. The Bertz CT molecular complexity index is 320. The first kappa shape index (κ1) is 19.5. The summed E-state index contributed by atoms with van der Waals surface area (Å²) in [6, 6.07) is 0. The monoisotopic (exact) mass is 306 g/mol. The van der Waals surface area contributed by atoms with Gasteiger partial charge in [-0.2, -0.15) is 0 Å². The van der Waals surface area contributed by atoms with Gasteiger partial charge in [0, 0.05) is 12.8 Å². The van der Waals surface area contributed by atoms with Crippen molar-refractivity contribution in [3.63, 3.8) is 0 Å². The minimum atomic E-state index is 0.403. The molecule has 0 heterocycles. The van der Waals surface area contributed by atoms with Gasteiger partial charge in [0.15, 0.2) is 0 Å². The quantitative estimate of drug-likeness (QED) is 0.462. The Morgan fingerprint density at radius 2 is 1.05 bits per heavy atom. The Morgan fingerprint density at radius 3 is 1.36 bits per heavy atom. The fourth-order valence-electron chi connectivity index (χ4n) is 3.70. The van der Waals surface area contributed by atoms with Crippen LogP contribution in [0, 0.1) is 22.7 Å². The minimum Gasteiger partial charge on any atom is -0.300 e. The average Bonchev–Trinajstić information content (AvgIpc) is 2.38. The molecule has 2 rings (SSSR count). The van der Waals surface area contributed by atoms with Gasteiger partial charge in [0.05, 0.1) is 0 Å². The fourth-order valence-corrected chi connectivity index (χ4v) is 3.70. The normalized spacial score (nSPS) is 22.3. The van der Waals surface area contributed by atoms with Crippen LogP contribution >= 0.6 is 0 Å². The summed E-state index contributed by atoms with van der Waals surface area (Å²) in [5, 5.41) is 0. The molecule has 0 unspecified atom stereocenters. The molecule has 2 fully saturated rings. The molecule has 128 valence electrons. The van der Waals surface area contributed by atoms with Gasteiger partial charge in [0.1, 0.15) is 5.78 Å². The lowest BCUT2D eigenvalue weighted by molar-refractivity contribution is -0.121. The third-order valence-electron chi connectivity index (χ3n) is 5.69. The average molecular weight is 307 g/mol. The van der Waals surface area contributed by atoms with E-state index in [1.807, 2.05) is 0 Å². The van der Waals surface area contributed by atoms with Crippen molar-refractivity contribution in [3.8, 4) is 0 Å². The van der Waals surface area contributed by atoms with Gasteiger partial charge in [-0.05, 0) is 61.2 Å². The molecule has 0 aliphatic heterocycles. The van der Waals surface area contributed by atoms with Crippen molar-refractivity contribution >= 4 is 5.78 Å². The lowest BCUT2D eigenvalue weighted by Crippen LogP contribution is -2.25. The van der Waals surface area contributed by atoms with E-state index in [2.05, 4.69) is 48.1 Å². The van der Waals surface area contributed by atoms with E-state index in [0.717, 1.165) is 37.5 Å². The van der Waals surface area contributed by atoms with Crippen LogP contribution in [-0.4, -0.2) is 5.78 Å². The Labute approximate surface area is 139 Å². The SMILES string of the molecule is C=C1CCC(C(C)(C)C)CC1.CC(C)(C)C1CCC(=O)CC1. The molecule has 0 N–H and O–H groups in total. The molecule has 0 aromatic heterocycles. The first-order valence-electron chi connectivity index (χ1n) is 9.18. The molecule has 0 atom stereocenters. The maximum absolute atomic E-state index is 10.9. The molecule has 0 aromatic carbocycles. The number of hydrogen-bond donors (Lipinski definition) is 0. The van der Waals surface area contributed by atoms with Crippen LogP contribution in [-0.2, 0) is 4.79 Å². The predicted molar refractivity (Wildman–Crippen MR) is 97.0 cm³/mol. The second-order valence-electron chi connectivity index (χ2n) is 9.57. The van der Waals surface area contributed by atoms with Crippen LogP contribution in [0.1, 0.15) is 92.9 Å². The van der Waals surface area contributed by atoms with E-state index in [-0.39, 0.29) is 0 Å². The van der Waals surface area contributed by atoms with Crippen molar-refractivity contribution < 1.29 is 4.79 Å². The number of Topliss-reactive ketones (excluding diaryl/α,β-unsaturated/α-hetero) is 1. The molecule has 22 heavy (non-hydrogen) atoms. The van der Waals surface area contributed by atoms with E-state index < -0.39 is 0 Å². The summed E-state index contributed by atoms with van der Waals surface area (Å²) in [5.41, 5.74) is 2.38. The lowest BCUT2D eigenvalue weighted by atomic mass is 9.71. The van der Waals surface area contributed by atoms with Gasteiger partial charge in [-0.25, -0.2) is 0 Å².